The molecule has 1 heterocycles. The third-order valence-electron chi connectivity index (χ3n) is 2.70. The summed E-state index contributed by atoms with van der Waals surface area (Å²) in [6, 6.07) is 2.10. The molecule has 0 aromatic carbocycles. The van der Waals surface area contributed by atoms with Crippen molar-refractivity contribution in [3.63, 3.8) is 0 Å². The highest BCUT2D eigenvalue weighted by atomic mass is 16.5. The van der Waals surface area contributed by atoms with Crippen molar-refractivity contribution < 1.29 is 4.74 Å². The quantitative estimate of drug-likeness (QED) is 0.535. The first-order chi connectivity index (χ1) is 7.20. The van der Waals surface area contributed by atoms with Gasteiger partial charge in [0, 0.05) is 27.0 Å². The molecule has 0 aliphatic heterocycles. The van der Waals surface area contributed by atoms with E-state index in [0.717, 1.165) is 18.7 Å². The lowest BCUT2D eigenvalue weighted by molar-refractivity contribution is 0.169. The normalized spacial score (nSPS) is 15.2. The first kappa shape index (κ1) is 12.2. The second-order valence-electron chi connectivity index (χ2n) is 3.78. The van der Waals surface area contributed by atoms with Crippen molar-refractivity contribution in [2.24, 2.45) is 18.8 Å². The zero-order chi connectivity index (χ0) is 11.3. The number of hydrazine groups is 1. The van der Waals surface area contributed by atoms with E-state index in [1.807, 2.05) is 17.8 Å². The Hall–Kier alpha value is -0.910. The summed E-state index contributed by atoms with van der Waals surface area (Å²) in [5.41, 5.74) is 3.94. The van der Waals surface area contributed by atoms with Crippen molar-refractivity contribution in [3.05, 3.63) is 18.0 Å². The van der Waals surface area contributed by atoms with E-state index in [1.165, 1.54) is 0 Å². The van der Waals surface area contributed by atoms with Gasteiger partial charge in [0.05, 0.1) is 11.7 Å². The topological polar surface area (TPSA) is 65.1 Å². The van der Waals surface area contributed by atoms with Crippen molar-refractivity contribution in [1.82, 2.24) is 15.2 Å². The molecule has 86 valence electrons. The molecular formula is C10H20N4O. The molecule has 5 heteroatoms. The molecule has 1 rings (SSSR count). The molecule has 0 bridgehead atoms. The molecule has 2 unspecified atom stereocenters. The Bertz CT molecular complexity index is 287. The van der Waals surface area contributed by atoms with Gasteiger partial charge in [-0.1, -0.05) is 6.92 Å². The SMILES string of the molecule is COCCC(C)C(NN)c1ccnn1C. The number of aromatic nitrogens is 2. The maximum Gasteiger partial charge on any atom is 0.0655 e. The van der Waals surface area contributed by atoms with Crippen LogP contribution in [-0.4, -0.2) is 23.5 Å². The van der Waals surface area contributed by atoms with Crippen LogP contribution in [0.3, 0.4) is 0 Å². The fourth-order valence-corrected chi connectivity index (χ4v) is 1.70. The van der Waals surface area contributed by atoms with Crippen molar-refractivity contribution in [3.8, 4) is 0 Å². The van der Waals surface area contributed by atoms with Gasteiger partial charge in [0.2, 0.25) is 0 Å². The zero-order valence-electron chi connectivity index (χ0n) is 9.60. The number of hydrogen-bond acceptors (Lipinski definition) is 4. The number of hydrogen-bond donors (Lipinski definition) is 2. The maximum absolute atomic E-state index is 5.57. The highest BCUT2D eigenvalue weighted by molar-refractivity contribution is 5.07. The first-order valence-corrected chi connectivity index (χ1v) is 5.13. The summed E-state index contributed by atoms with van der Waals surface area (Å²) in [5, 5.41) is 4.14. The van der Waals surface area contributed by atoms with Gasteiger partial charge in [-0.15, -0.1) is 0 Å². The predicted molar refractivity (Wildman–Crippen MR) is 58.9 cm³/mol. The van der Waals surface area contributed by atoms with Crippen LogP contribution >= 0.6 is 0 Å². The molecule has 2 atom stereocenters. The molecule has 0 spiro atoms. The van der Waals surface area contributed by atoms with Crippen LogP contribution in [0.5, 0.6) is 0 Å². The van der Waals surface area contributed by atoms with E-state index < -0.39 is 0 Å². The number of ether oxygens (including phenoxy) is 1. The highest BCUT2D eigenvalue weighted by Crippen LogP contribution is 2.22. The minimum atomic E-state index is 0.118. The minimum Gasteiger partial charge on any atom is -0.385 e. The average Bonchev–Trinajstić information content (AvgIpc) is 2.63. The van der Waals surface area contributed by atoms with Gasteiger partial charge in [0.15, 0.2) is 0 Å². The van der Waals surface area contributed by atoms with Crippen LogP contribution in [-0.2, 0) is 11.8 Å². The largest absolute Gasteiger partial charge is 0.385 e. The number of methoxy groups -OCH3 is 1. The molecule has 3 N–H and O–H groups in total. The standard InChI is InChI=1S/C10H20N4O/c1-8(5-7-15-3)10(13-11)9-4-6-12-14(9)2/h4,6,8,10,13H,5,7,11H2,1-3H3. The molecule has 0 fully saturated rings. The Labute approximate surface area is 90.6 Å². The molecular weight excluding hydrogens is 192 g/mol. The van der Waals surface area contributed by atoms with Crippen LogP contribution in [0.2, 0.25) is 0 Å². The summed E-state index contributed by atoms with van der Waals surface area (Å²) in [6.45, 7) is 2.90. The summed E-state index contributed by atoms with van der Waals surface area (Å²) >= 11 is 0. The Balaban J connectivity index is 2.67. The fourth-order valence-electron chi connectivity index (χ4n) is 1.70. The molecule has 0 aliphatic rings. The van der Waals surface area contributed by atoms with E-state index >= 15 is 0 Å². The van der Waals surface area contributed by atoms with E-state index in [1.54, 1.807) is 13.3 Å². The maximum atomic E-state index is 5.57. The van der Waals surface area contributed by atoms with Gasteiger partial charge in [0.1, 0.15) is 0 Å². The molecule has 0 radical (unpaired) electrons. The Morgan fingerprint density at radius 2 is 2.40 bits per heavy atom. The van der Waals surface area contributed by atoms with Gasteiger partial charge >= 0.3 is 0 Å². The molecule has 0 saturated carbocycles. The molecule has 15 heavy (non-hydrogen) atoms. The van der Waals surface area contributed by atoms with E-state index in [4.69, 9.17) is 10.6 Å². The van der Waals surface area contributed by atoms with Crippen LogP contribution in [0.1, 0.15) is 25.1 Å². The highest BCUT2D eigenvalue weighted by Gasteiger charge is 2.20. The molecule has 1 aromatic heterocycles. The minimum absolute atomic E-state index is 0.118. The number of rotatable bonds is 6. The number of nitrogens with one attached hydrogen (secondary N) is 1. The summed E-state index contributed by atoms with van der Waals surface area (Å²) in [4.78, 5) is 0. The van der Waals surface area contributed by atoms with E-state index in [2.05, 4.69) is 17.4 Å². The fraction of sp³-hybridized carbons (Fsp3) is 0.700. The second kappa shape index (κ2) is 5.85. The van der Waals surface area contributed by atoms with E-state index in [-0.39, 0.29) is 6.04 Å². The molecule has 0 saturated heterocycles. The second-order valence-corrected chi connectivity index (χ2v) is 3.78. The molecule has 5 nitrogen and oxygen atoms in total. The van der Waals surface area contributed by atoms with Crippen molar-refractivity contribution in [2.45, 2.75) is 19.4 Å². The third kappa shape index (κ3) is 3.02. The third-order valence-corrected chi connectivity index (χ3v) is 2.70. The van der Waals surface area contributed by atoms with Crippen molar-refractivity contribution in [2.75, 3.05) is 13.7 Å². The first-order valence-electron chi connectivity index (χ1n) is 5.13. The Kier molecular flexibility index (Phi) is 4.74. The summed E-state index contributed by atoms with van der Waals surface area (Å²) < 4.78 is 6.90. The smallest absolute Gasteiger partial charge is 0.0655 e. The van der Waals surface area contributed by atoms with Crippen molar-refractivity contribution >= 4 is 0 Å². The van der Waals surface area contributed by atoms with Crippen LogP contribution in [0.4, 0.5) is 0 Å². The van der Waals surface area contributed by atoms with Crippen LogP contribution in [0.25, 0.3) is 0 Å². The number of aryl methyl sites for hydroxylation is 1. The average molecular weight is 212 g/mol. The number of nitrogens with zero attached hydrogens (tertiary/aromatic N) is 2. The number of nitrogens with two attached hydrogens (primary N) is 1. The van der Waals surface area contributed by atoms with Gasteiger partial charge in [-0.05, 0) is 18.4 Å². The van der Waals surface area contributed by atoms with E-state index in [9.17, 15) is 0 Å². The van der Waals surface area contributed by atoms with Gasteiger partial charge in [-0.25, -0.2) is 0 Å². The Morgan fingerprint density at radius 1 is 1.67 bits per heavy atom. The van der Waals surface area contributed by atoms with Gasteiger partial charge < -0.3 is 4.74 Å². The van der Waals surface area contributed by atoms with Crippen LogP contribution in [0.15, 0.2) is 12.3 Å². The van der Waals surface area contributed by atoms with Crippen LogP contribution < -0.4 is 11.3 Å². The van der Waals surface area contributed by atoms with Crippen LogP contribution in [0, 0.1) is 5.92 Å². The summed E-state index contributed by atoms with van der Waals surface area (Å²) in [6.07, 6.45) is 2.75. The van der Waals surface area contributed by atoms with Gasteiger partial charge in [0.25, 0.3) is 0 Å². The molecule has 0 amide bonds. The summed E-state index contributed by atoms with van der Waals surface area (Å²) in [5.74, 6) is 5.98. The Morgan fingerprint density at radius 3 is 2.87 bits per heavy atom. The summed E-state index contributed by atoms with van der Waals surface area (Å²) in [7, 11) is 3.63. The molecule has 0 aliphatic carbocycles. The predicted octanol–water partition coefficient (Wildman–Crippen LogP) is 0.597. The van der Waals surface area contributed by atoms with Crippen molar-refractivity contribution in [1.29, 1.82) is 0 Å². The lowest BCUT2D eigenvalue weighted by Gasteiger charge is -2.23. The molecule has 1 aromatic rings. The lowest BCUT2D eigenvalue weighted by atomic mass is 9.96. The monoisotopic (exact) mass is 212 g/mol. The van der Waals surface area contributed by atoms with E-state index in [0.29, 0.717) is 5.92 Å². The zero-order valence-corrected chi connectivity index (χ0v) is 9.60. The van der Waals surface area contributed by atoms with Gasteiger partial charge in [-0.2, -0.15) is 5.10 Å². The van der Waals surface area contributed by atoms with Gasteiger partial charge in [-0.3, -0.25) is 16.0 Å². The lowest BCUT2D eigenvalue weighted by Crippen LogP contribution is -2.34.